The number of nitrogens with zero attached hydrogens (tertiary/aromatic N) is 1. The predicted octanol–water partition coefficient (Wildman–Crippen LogP) is 3.64. The monoisotopic (exact) mass is 294 g/mol. The van der Waals surface area contributed by atoms with Gasteiger partial charge in [-0.25, -0.2) is 0 Å². The van der Waals surface area contributed by atoms with Crippen LogP contribution in [0.3, 0.4) is 0 Å². The predicted molar refractivity (Wildman–Crippen MR) is 87.8 cm³/mol. The second-order valence-corrected chi connectivity index (χ2v) is 8.77. The Kier molecular flexibility index (Phi) is 4.20. The molecule has 3 heteroatoms. The Morgan fingerprint density at radius 1 is 1.14 bits per heavy atom. The minimum atomic E-state index is 0.00551. The van der Waals surface area contributed by atoms with Gasteiger partial charge in [-0.1, -0.05) is 61.8 Å². The highest BCUT2D eigenvalue weighted by Crippen LogP contribution is 2.66. The van der Waals surface area contributed by atoms with Crippen LogP contribution >= 0.6 is 0 Å². The fraction of sp³-hybridized carbons (Fsp3) is 0.944. The number of carbonyl (C=O) groups is 1. The lowest BCUT2D eigenvalue weighted by molar-refractivity contribution is -0.132. The number of nitrogens with one attached hydrogen (secondary N) is 1. The van der Waals surface area contributed by atoms with Gasteiger partial charge < -0.3 is 4.90 Å². The molecule has 1 heterocycles. The van der Waals surface area contributed by atoms with E-state index in [1.54, 1.807) is 0 Å². The van der Waals surface area contributed by atoms with Crippen LogP contribution in [0.2, 0.25) is 0 Å². The zero-order valence-corrected chi connectivity index (χ0v) is 15.2. The molecule has 0 spiro atoms. The summed E-state index contributed by atoms with van der Waals surface area (Å²) in [4.78, 5) is 15.2. The van der Waals surface area contributed by atoms with Crippen molar-refractivity contribution in [1.82, 2.24) is 10.2 Å². The zero-order valence-electron chi connectivity index (χ0n) is 15.2. The summed E-state index contributed by atoms with van der Waals surface area (Å²) in [6.45, 7) is 18.0. The maximum absolute atomic E-state index is 13.0. The van der Waals surface area contributed by atoms with E-state index < -0.39 is 0 Å². The molecule has 2 fully saturated rings. The van der Waals surface area contributed by atoms with Crippen LogP contribution in [0, 0.1) is 22.7 Å². The number of rotatable bonds is 5. The molecular weight excluding hydrogens is 260 g/mol. The number of hydrogen-bond donors (Lipinski definition) is 1. The fourth-order valence-electron chi connectivity index (χ4n) is 4.11. The summed E-state index contributed by atoms with van der Waals surface area (Å²) in [6.07, 6.45) is 2.30. The molecule has 3 unspecified atom stereocenters. The van der Waals surface area contributed by atoms with Gasteiger partial charge in [0, 0.05) is 6.04 Å². The molecule has 0 aromatic carbocycles. The lowest BCUT2D eigenvalue weighted by Gasteiger charge is -2.28. The molecular formula is C18H34N2O. The molecule has 21 heavy (non-hydrogen) atoms. The van der Waals surface area contributed by atoms with E-state index in [9.17, 15) is 4.79 Å². The van der Waals surface area contributed by atoms with E-state index in [0.29, 0.717) is 23.8 Å². The molecule has 1 N–H and O–H groups in total. The van der Waals surface area contributed by atoms with E-state index in [-0.39, 0.29) is 23.0 Å². The maximum Gasteiger partial charge on any atom is 0.241 e. The minimum absolute atomic E-state index is 0.00551. The standard InChI is InChI=1S/C18H34N2O/c1-9-12(4)14-15(21)20(13(19-14)10-11(2)3)16-17(5,6)18(16,7)8/h11-14,16,19H,9-10H2,1-8H3. The first-order valence-electron chi connectivity index (χ1n) is 8.63. The van der Waals surface area contributed by atoms with Gasteiger partial charge in [0.1, 0.15) is 0 Å². The van der Waals surface area contributed by atoms with Crippen molar-refractivity contribution >= 4 is 5.91 Å². The van der Waals surface area contributed by atoms with Gasteiger partial charge in [0.15, 0.2) is 0 Å². The van der Waals surface area contributed by atoms with Gasteiger partial charge in [-0.3, -0.25) is 10.1 Å². The molecule has 3 nitrogen and oxygen atoms in total. The van der Waals surface area contributed by atoms with Crippen LogP contribution in [0.4, 0.5) is 0 Å². The highest BCUT2D eigenvalue weighted by Gasteiger charge is 2.70. The van der Waals surface area contributed by atoms with Crippen molar-refractivity contribution in [2.75, 3.05) is 0 Å². The summed E-state index contributed by atoms with van der Waals surface area (Å²) in [6, 6.07) is 0.369. The van der Waals surface area contributed by atoms with Gasteiger partial charge in [-0.2, -0.15) is 0 Å². The van der Waals surface area contributed by atoms with E-state index in [0.717, 1.165) is 12.8 Å². The molecule has 1 saturated heterocycles. The van der Waals surface area contributed by atoms with Crippen LogP contribution in [-0.4, -0.2) is 29.1 Å². The van der Waals surface area contributed by atoms with Gasteiger partial charge in [-0.05, 0) is 29.1 Å². The van der Waals surface area contributed by atoms with Crippen LogP contribution in [0.1, 0.15) is 68.2 Å². The van der Waals surface area contributed by atoms with Crippen molar-refractivity contribution in [3.8, 4) is 0 Å². The first-order valence-corrected chi connectivity index (χ1v) is 8.63. The summed E-state index contributed by atoms with van der Waals surface area (Å²) in [5, 5.41) is 3.65. The highest BCUT2D eigenvalue weighted by molar-refractivity contribution is 5.85. The lowest BCUT2D eigenvalue weighted by atomic mass is 9.99. The molecule has 0 bridgehead atoms. The largest absolute Gasteiger partial charge is 0.322 e. The van der Waals surface area contributed by atoms with E-state index in [1.165, 1.54) is 0 Å². The Morgan fingerprint density at radius 3 is 2.05 bits per heavy atom. The lowest BCUT2D eigenvalue weighted by Crippen LogP contribution is -2.42. The van der Waals surface area contributed by atoms with Crippen molar-refractivity contribution in [1.29, 1.82) is 0 Å². The molecule has 2 rings (SSSR count). The average molecular weight is 294 g/mol. The van der Waals surface area contributed by atoms with E-state index in [4.69, 9.17) is 0 Å². The molecule has 1 amide bonds. The topological polar surface area (TPSA) is 32.3 Å². The van der Waals surface area contributed by atoms with Crippen molar-refractivity contribution in [3.63, 3.8) is 0 Å². The summed E-state index contributed by atoms with van der Waals surface area (Å²) in [5.41, 5.74) is 0.424. The van der Waals surface area contributed by atoms with Crippen LogP contribution in [0.15, 0.2) is 0 Å². The number of hydrogen-bond acceptors (Lipinski definition) is 2. The third kappa shape index (κ3) is 2.52. The molecule has 122 valence electrons. The molecule has 1 saturated carbocycles. The maximum atomic E-state index is 13.0. The van der Waals surface area contributed by atoms with Crippen LogP contribution in [0.5, 0.6) is 0 Å². The first kappa shape index (κ1) is 16.8. The minimum Gasteiger partial charge on any atom is -0.322 e. The zero-order chi connectivity index (χ0) is 16.2. The normalized spacial score (nSPS) is 32.8. The Labute approximate surface area is 130 Å². The van der Waals surface area contributed by atoms with Crippen LogP contribution in [0.25, 0.3) is 0 Å². The van der Waals surface area contributed by atoms with E-state index >= 15 is 0 Å². The Hall–Kier alpha value is -0.570. The van der Waals surface area contributed by atoms with Gasteiger partial charge >= 0.3 is 0 Å². The molecule has 0 radical (unpaired) electrons. The second-order valence-electron chi connectivity index (χ2n) is 8.77. The summed E-state index contributed by atoms with van der Waals surface area (Å²) >= 11 is 0. The third-order valence-electron chi connectivity index (χ3n) is 6.36. The Bertz CT molecular complexity index is 399. The van der Waals surface area contributed by atoms with Gasteiger partial charge in [0.2, 0.25) is 5.91 Å². The summed E-state index contributed by atoms with van der Waals surface area (Å²) < 4.78 is 0. The second kappa shape index (κ2) is 5.26. The highest BCUT2D eigenvalue weighted by atomic mass is 16.2. The first-order chi connectivity index (χ1) is 9.55. The molecule has 0 aromatic heterocycles. The molecule has 0 aromatic rings. The molecule has 1 aliphatic carbocycles. The smallest absolute Gasteiger partial charge is 0.241 e. The van der Waals surface area contributed by atoms with E-state index in [1.807, 2.05) is 0 Å². The quantitative estimate of drug-likeness (QED) is 0.839. The van der Waals surface area contributed by atoms with Crippen molar-refractivity contribution in [2.24, 2.45) is 22.7 Å². The van der Waals surface area contributed by atoms with Crippen molar-refractivity contribution < 1.29 is 4.79 Å². The summed E-state index contributed by atoms with van der Waals surface area (Å²) in [5.74, 6) is 1.33. The molecule has 2 aliphatic rings. The Morgan fingerprint density at radius 2 is 1.67 bits per heavy atom. The van der Waals surface area contributed by atoms with Crippen molar-refractivity contribution in [3.05, 3.63) is 0 Å². The fourth-order valence-corrected chi connectivity index (χ4v) is 4.11. The summed E-state index contributed by atoms with van der Waals surface area (Å²) in [7, 11) is 0. The van der Waals surface area contributed by atoms with Gasteiger partial charge in [0.25, 0.3) is 0 Å². The SMILES string of the molecule is CCC(C)C1NC(CC(C)C)N(C2C(C)(C)C2(C)C)C1=O. The molecule has 3 atom stereocenters. The average Bonchev–Trinajstić information content (AvgIpc) is 2.63. The van der Waals surface area contributed by atoms with Crippen LogP contribution < -0.4 is 5.32 Å². The van der Waals surface area contributed by atoms with E-state index in [2.05, 4.69) is 65.6 Å². The number of carbonyl (C=O) groups excluding carboxylic acids is 1. The third-order valence-corrected chi connectivity index (χ3v) is 6.36. The van der Waals surface area contributed by atoms with Gasteiger partial charge in [-0.15, -0.1) is 0 Å². The molecule has 1 aliphatic heterocycles. The van der Waals surface area contributed by atoms with Crippen molar-refractivity contribution in [2.45, 2.75) is 86.5 Å². The van der Waals surface area contributed by atoms with Crippen LogP contribution in [-0.2, 0) is 4.79 Å². The Balaban J connectivity index is 2.26. The van der Waals surface area contributed by atoms with Gasteiger partial charge in [0.05, 0.1) is 12.2 Å². The number of amides is 1.